The molecule has 0 saturated carbocycles. The van der Waals surface area contributed by atoms with Crippen LogP contribution >= 0.6 is 11.8 Å². The first-order valence-electron chi connectivity index (χ1n) is 13.2. The molecule has 204 valence electrons. The fourth-order valence-corrected chi connectivity index (χ4v) is 5.20. The van der Waals surface area contributed by atoms with Crippen molar-refractivity contribution in [1.82, 2.24) is 10.2 Å². The van der Waals surface area contributed by atoms with Crippen molar-refractivity contribution >= 4 is 29.5 Å². The van der Waals surface area contributed by atoms with Gasteiger partial charge in [0.25, 0.3) is 0 Å². The van der Waals surface area contributed by atoms with Crippen molar-refractivity contribution in [2.24, 2.45) is 5.92 Å². The number of nitrogens with one attached hydrogen (secondary N) is 1. The molecule has 3 rings (SSSR count). The molecule has 7 nitrogen and oxygen atoms in total. The summed E-state index contributed by atoms with van der Waals surface area (Å²) < 4.78 is 5.48. The zero-order chi connectivity index (χ0) is 27.0. The molecule has 0 saturated heterocycles. The number of rotatable bonds is 10. The maximum absolute atomic E-state index is 13.4. The third-order valence-electron chi connectivity index (χ3n) is 6.29. The molecule has 0 radical (unpaired) electrons. The minimum absolute atomic E-state index is 0.0344. The van der Waals surface area contributed by atoms with Gasteiger partial charge in [0.1, 0.15) is 6.61 Å². The van der Waals surface area contributed by atoms with Gasteiger partial charge in [0, 0.05) is 37.4 Å². The summed E-state index contributed by atoms with van der Waals surface area (Å²) in [5.41, 5.74) is 2.15. The van der Waals surface area contributed by atoms with Crippen LogP contribution in [-0.2, 0) is 31.4 Å². The number of aliphatic hydroxyl groups excluding tert-OH is 1. The van der Waals surface area contributed by atoms with Crippen LogP contribution in [0.15, 0.2) is 72.8 Å². The Labute approximate surface area is 229 Å². The SMILES string of the molecule is O=C1CCCC=CC[C@H](CC(=O)N(CCO)Cc2ccccc2)C(=O)N[C@@H](CSCc2ccccc2)CO1. The number of esters is 1. The second-order valence-electron chi connectivity index (χ2n) is 9.41. The zero-order valence-corrected chi connectivity index (χ0v) is 22.6. The van der Waals surface area contributed by atoms with Crippen LogP contribution in [0.2, 0.25) is 0 Å². The summed E-state index contributed by atoms with van der Waals surface area (Å²) in [6, 6.07) is 19.3. The first kappa shape index (κ1) is 29.5. The number of nitrogens with zero attached hydrogens (tertiary/aromatic N) is 1. The number of hydrogen-bond donors (Lipinski definition) is 2. The van der Waals surface area contributed by atoms with Gasteiger partial charge in [-0.05, 0) is 30.4 Å². The summed E-state index contributed by atoms with van der Waals surface area (Å²) in [5, 5.41) is 12.6. The molecular weight excluding hydrogens is 500 g/mol. The molecule has 0 spiro atoms. The summed E-state index contributed by atoms with van der Waals surface area (Å²) >= 11 is 1.66. The highest BCUT2D eigenvalue weighted by Crippen LogP contribution is 2.18. The Hall–Kier alpha value is -3.10. The van der Waals surface area contributed by atoms with Crippen molar-refractivity contribution in [3.63, 3.8) is 0 Å². The van der Waals surface area contributed by atoms with E-state index in [0.717, 1.165) is 11.3 Å². The first-order valence-corrected chi connectivity index (χ1v) is 14.4. The molecule has 38 heavy (non-hydrogen) atoms. The van der Waals surface area contributed by atoms with Crippen LogP contribution in [0.4, 0.5) is 0 Å². The van der Waals surface area contributed by atoms with Gasteiger partial charge in [-0.2, -0.15) is 11.8 Å². The Kier molecular flexibility index (Phi) is 12.9. The summed E-state index contributed by atoms with van der Waals surface area (Å²) in [7, 11) is 0. The highest BCUT2D eigenvalue weighted by atomic mass is 32.2. The van der Waals surface area contributed by atoms with Crippen LogP contribution in [0, 0.1) is 5.92 Å². The highest BCUT2D eigenvalue weighted by molar-refractivity contribution is 7.98. The van der Waals surface area contributed by atoms with Crippen molar-refractivity contribution in [2.75, 3.05) is 25.5 Å². The number of thioether (sulfide) groups is 1. The van der Waals surface area contributed by atoms with Crippen LogP contribution in [0.25, 0.3) is 0 Å². The predicted molar refractivity (Wildman–Crippen MR) is 150 cm³/mol. The standard InChI is InChI=1S/C30H38N2O5S/c33-18-17-32(20-24-11-5-3-6-12-24)28(34)19-26-15-9-1-2-10-16-29(35)37-21-27(31-30(26)36)23-38-22-25-13-7-4-8-14-25/h1,3-9,11-14,26-27,33H,2,10,15-23H2,(H,31,36)/t26-,27-/m1/s1. The predicted octanol–water partition coefficient (Wildman–Crippen LogP) is 4.11. The lowest BCUT2D eigenvalue weighted by Gasteiger charge is -2.26. The van der Waals surface area contributed by atoms with Gasteiger partial charge >= 0.3 is 5.97 Å². The van der Waals surface area contributed by atoms with E-state index in [1.165, 1.54) is 5.56 Å². The first-order chi connectivity index (χ1) is 18.5. The third kappa shape index (κ3) is 10.7. The summed E-state index contributed by atoms with van der Waals surface area (Å²) in [4.78, 5) is 40.4. The van der Waals surface area contributed by atoms with E-state index in [-0.39, 0.29) is 50.0 Å². The Balaban J connectivity index is 1.67. The molecule has 0 aromatic heterocycles. The molecule has 0 fully saturated rings. The molecule has 2 aromatic carbocycles. The Bertz CT molecular complexity index is 1030. The van der Waals surface area contributed by atoms with Gasteiger partial charge < -0.3 is 20.1 Å². The quantitative estimate of drug-likeness (QED) is 0.349. The number of amides is 2. The van der Waals surface area contributed by atoms with Gasteiger partial charge in [0.05, 0.1) is 18.6 Å². The molecule has 2 aromatic rings. The van der Waals surface area contributed by atoms with Gasteiger partial charge in [0.2, 0.25) is 11.8 Å². The van der Waals surface area contributed by atoms with Crippen LogP contribution in [0.1, 0.15) is 43.2 Å². The van der Waals surface area contributed by atoms with Crippen LogP contribution < -0.4 is 5.32 Å². The summed E-state index contributed by atoms with van der Waals surface area (Å²) in [6.07, 6.45) is 6.06. The van der Waals surface area contributed by atoms with Crippen molar-refractivity contribution in [3.05, 3.63) is 83.9 Å². The monoisotopic (exact) mass is 538 g/mol. The molecule has 1 heterocycles. The fraction of sp³-hybridized carbons (Fsp3) is 0.433. The number of allylic oxidation sites excluding steroid dienone is 2. The van der Waals surface area contributed by atoms with Crippen molar-refractivity contribution in [3.8, 4) is 0 Å². The molecule has 2 amide bonds. The average molecular weight is 539 g/mol. The van der Waals surface area contributed by atoms with Crippen molar-refractivity contribution in [1.29, 1.82) is 0 Å². The Morgan fingerprint density at radius 1 is 1.03 bits per heavy atom. The van der Waals surface area contributed by atoms with Crippen LogP contribution in [-0.4, -0.2) is 59.3 Å². The van der Waals surface area contributed by atoms with Crippen LogP contribution in [0.5, 0.6) is 0 Å². The third-order valence-corrected chi connectivity index (χ3v) is 7.47. The van der Waals surface area contributed by atoms with E-state index in [1.54, 1.807) is 16.7 Å². The molecule has 2 atom stereocenters. The number of ether oxygens (including phenoxy) is 1. The number of aliphatic hydroxyl groups is 1. The largest absolute Gasteiger partial charge is 0.463 e. The van der Waals surface area contributed by atoms with Crippen molar-refractivity contribution < 1.29 is 24.2 Å². The maximum Gasteiger partial charge on any atom is 0.305 e. The van der Waals surface area contributed by atoms with E-state index in [0.29, 0.717) is 38.0 Å². The lowest BCUT2D eigenvalue weighted by atomic mass is 9.98. The molecular formula is C30H38N2O5S. The smallest absolute Gasteiger partial charge is 0.305 e. The second-order valence-corrected chi connectivity index (χ2v) is 10.4. The van der Waals surface area contributed by atoms with E-state index in [1.807, 2.05) is 60.7 Å². The molecule has 1 aliphatic rings. The minimum Gasteiger partial charge on any atom is -0.463 e. The molecule has 8 heteroatoms. The Morgan fingerprint density at radius 3 is 2.45 bits per heavy atom. The van der Waals surface area contributed by atoms with Gasteiger partial charge in [-0.1, -0.05) is 72.8 Å². The number of hydrogen-bond acceptors (Lipinski definition) is 6. The normalized spacial score (nSPS) is 18.9. The molecule has 0 aliphatic carbocycles. The van der Waals surface area contributed by atoms with Crippen LogP contribution in [0.3, 0.4) is 0 Å². The Morgan fingerprint density at radius 2 is 1.74 bits per heavy atom. The summed E-state index contributed by atoms with van der Waals surface area (Å²) in [6.45, 7) is 0.526. The fourth-order valence-electron chi connectivity index (χ4n) is 4.19. The number of cyclic esters (lactones) is 1. The number of carbonyl (C=O) groups excluding carboxylic acids is 3. The van der Waals surface area contributed by atoms with Crippen molar-refractivity contribution in [2.45, 2.75) is 50.4 Å². The van der Waals surface area contributed by atoms with E-state index in [9.17, 15) is 19.5 Å². The number of carbonyl (C=O) groups is 3. The van der Waals surface area contributed by atoms with Gasteiger partial charge in [-0.15, -0.1) is 0 Å². The zero-order valence-electron chi connectivity index (χ0n) is 21.8. The highest BCUT2D eigenvalue weighted by Gasteiger charge is 2.26. The lowest BCUT2D eigenvalue weighted by molar-refractivity contribution is -0.145. The van der Waals surface area contributed by atoms with Gasteiger partial charge in [-0.25, -0.2) is 0 Å². The molecule has 0 unspecified atom stereocenters. The number of benzene rings is 2. The average Bonchev–Trinajstić information content (AvgIpc) is 2.94. The van der Waals surface area contributed by atoms with Gasteiger partial charge in [0.15, 0.2) is 0 Å². The lowest BCUT2D eigenvalue weighted by Crippen LogP contribution is -2.45. The topological polar surface area (TPSA) is 95.9 Å². The summed E-state index contributed by atoms with van der Waals surface area (Å²) in [5.74, 6) is 0.122. The van der Waals surface area contributed by atoms with E-state index in [4.69, 9.17) is 4.74 Å². The van der Waals surface area contributed by atoms with Gasteiger partial charge in [-0.3, -0.25) is 14.4 Å². The maximum atomic E-state index is 13.4. The minimum atomic E-state index is -0.561. The molecule has 0 bridgehead atoms. The molecule has 1 aliphatic heterocycles. The van der Waals surface area contributed by atoms with E-state index < -0.39 is 5.92 Å². The van der Waals surface area contributed by atoms with E-state index >= 15 is 0 Å². The van der Waals surface area contributed by atoms with E-state index in [2.05, 4.69) is 17.4 Å². The molecule has 2 N–H and O–H groups in total. The second kappa shape index (κ2) is 16.7.